The summed E-state index contributed by atoms with van der Waals surface area (Å²) in [6.07, 6.45) is 2.22. The van der Waals surface area contributed by atoms with Gasteiger partial charge in [0.25, 0.3) is 5.91 Å². The summed E-state index contributed by atoms with van der Waals surface area (Å²) in [6.45, 7) is 1.64. The second-order valence-corrected chi connectivity index (χ2v) is 6.48. The van der Waals surface area contributed by atoms with Crippen LogP contribution in [0.3, 0.4) is 0 Å². The molecule has 0 aliphatic carbocycles. The molecule has 120 valence electrons. The second kappa shape index (κ2) is 7.24. The first kappa shape index (κ1) is 16.2. The Hall–Kier alpha value is -1.71. The van der Waals surface area contributed by atoms with Crippen molar-refractivity contribution < 1.29 is 4.79 Å². The van der Waals surface area contributed by atoms with Crippen molar-refractivity contribution in [1.82, 2.24) is 5.32 Å². The van der Waals surface area contributed by atoms with E-state index in [1.807, 2.05) is 18.2 Å². The Balaban J connectivity index is 1.63. The van der Waals surface area contributed by atoms with Crippen LogP contribution in [0.2, 0.25) is 10.0 Å². The molecule has 0 aromatic heterocycles. The highest BCUT2D eigenvalue weighted by atomic mass is 35.5. The van der Waals surface area contributed by atoms with Crippen molar-refractivity contribution in [3.63, 3.8) is 0 Å². The van der Waals surface area contributed by atoms with E-state index in [-0.39, 0.29) is 5.91 Å². The highest BCUT2D eigenvalue weighted by molar-refractivity contribution is 6.42. The first-order valence-corrected chi connectivity index (χ1v) is 8.45. The Bertz CT molecular complexity index is 691. The van der Waals surface area contributed by atoms with Gasteiger partial charge in [0.15, 0.2) is 0 Å². The number of rotatable bonds is 4. The molecule has 5 heteroatoms. The molecule has 2 aromatic carbocycles. The van der Waals surface area contributed by atoms with E-state index < -0.39 is 0 Å². The molecular formula is C18H18Cl2N2O. The maximum atomic E-state index is 12.3. The highest BCUT2D eigenvalue weighted by Gasteiger charge is 2.25. The van der Waals surface area contributed by atoms with Gasteiger partial charge in [0.1, 0.15) is 0 Å². The molecule has 1 aliphatic rings. The van der Waals surface area contributed by atoms with Gasteiger partial charge in [-0.3, -0.25) is 4.79 Å². The average molecular weight is 349 g/mol. The summed E-state index contributed by atoms with van der Waals surface area (Å²) in [5.41, 5.74) is 1.74. The predicted octanol–water partition coefficient (Wildman–Crippen LogP) is 4.39. The summed E-state index contributed by atoms with van der Waals surface area (Å²) in [7, 11) is 0. The molecule has 3 rings (SSSR count). The fraction of sp³-hybridized carbons (Fsp3) is 0.278. The number of hydrogen-bond acceptors (Lipinski definition) is 2. The van der Waals surface area contributed by atoms with Gasteiger partial charge in [0.05, 0.1) is 10.0 Å². The minimum absolute atomic E-state index is 0.122. The number of hydrogen-bond donors (Lipinski definition) is 1. The number of carbonyl (C=O) groups excluding carboxylic acids is 1. The number of nitrogens with one attached hydrogen (secondary N) is 1. The van der Waals surface area contributed by atoms with E-state index in [9.17, 15) is 4.79 Å². The first-order chi connectivity index (χ1) is 11.1. The first-order valence-electron chi connectivity index (χ1n) is 7.70. The van der Waals surface area contributed by atoms with Crippen LogP contribution >= 0.6 is 23.2 Å². The van der Waals surface area contributed by atoms with Crippen molar-refractivity contribution in [3.8, 4) is 0 Å². The van der Waals surface area contributed by atoms with Crippen LogP contribution < -0.4 is 10.2 Å². The van der Waals surface area contributed by atoms with E-state index in [1.165, 1.54) is 5.69 Å². The van der Waals surface area contributed by atoms with Gasteiger partial charge in [-0.05, 0) is 43.2 Å². The standard InChI is InChI=1S/C18H18Cl2N2O/c19-16-9-8-13(11-17(16)20)18(23)21-12-15-7-4-10-22(15)14-5-2-1-3-6-14/h1-3,5-6,8-9,11,15H,4,7,10,12H2,(H,21,23). The summed E-state index contributed by atoms with van der Waals surface area (Å²) in [4.78, 5) is 14.6. The van der Waals surface area contributed by atoms with Crippen molar-refractivity contribution in [2.45, 2.75) is 18.9 Å². The number of carbonyl (C=O) groups is 1. The maximum Gasteiger partial charge on any atom is 0.251 e. The minimum Gasteiger partial charge on any atom is -0.367 e. The van der Waals surface area contributed by atoms with Crippen LogP contribution in [0, 0.1) is 0 Å². The Morgan fingerprint density at radius 1 is 1.13 bits per heavy atom. The zero-order chi connectivity index (χ0) is 16.2. The number of benzene rings is 2. The van der Waals surface area contributed by atoms with Gasteiger partial charge >= 0.3 is 0 Å². The number of para-hydroxylation sites is 1. The third-order valence-electron chi connectivity index (χ3n) is 4.15. The molecule has 1 N–H and O–H groups in total. The largest absolute Gasteiger partial charge is 0.367 e. The van der Waals surface area contributed by atoms with Gasteiger partial charge in [-0.2, -0.15) is 0 Å². The molecule has 0 bridgehead atoms. The normalized spacial score (nSPS) is 17.3. The Morgan fingerprint density at radius 3 is 2.65 bits per heavy atom. The quantitative estimate of drug-likeness (QED) is 0.888. The van der Waals surface area contributed by atoms with Crippen molar-refractivity contribution in [3.05, 3.63) is 64.1 Å². The maximum absolute atomic E-state index is 12.3. The summed E-state index contributed by atoms with van der Waals surface area (Å²) < 4.78 is 0. The molecule has 1 unspecified atom stereocenters. The van der Waals surface area contributed by atoms with E-state index in [1.54, 1.807) is 18.2 Å². The van der Waals surface area contributed by atoms with Crippen molar-refractivity contribution in [2.75, 3.05) is 18.0 Å². The fourth-order valence-electron chi connectivity index (χ4n) is 2.96. The Kier molecular flexibility index (Phi) is 5.09. The summed E-state index contributed by atoms with van der Waals surface area (Å²) in [5.74, 6) is -0.122. The monoisotopic (exact) mass is 348 g/mol. The van der Waals surface area contributed by atoms with Gasteiger partial charge < -0.3 is 10.2 Å². The lowest BCUT2D eigenvalue weighted by Crippen LogP contribution is -2.40. The SMILES string of the molecule is O=C(NCC1CCCN1c1ccccc1)c1ccc(Cl)c(Cl)c1. The number of anilines is 1. The number of halogens is 2. The molecule has 1 amide bonds. The lowest BCUT2D eigenvalue weighted by Gasteiger charge is -2.27. The number of nitrogens with zero attached hydrogens (tertiary/aromatic N) is 1. The lowest BCUT2D eigenvalue weighted by molar-refractivity contribution is 0.0951. The zero-order valence-electron chi connectivity index (χ0n) is 12.6. The summed E-state index contributed by atoms with van der Waals surface area (Å²) in [5, 5.41) is 3.85. The second-order valence-electron chi connectivity index (χ2n) is 5.66. The molecule has 0 radical (unpaired) electrons. The third-order valence-corrected chi connectivity index (χ3v) is 4.88. The van der Waals surface area contributed by atoms with Crippen LogP contribution in [0.1, 0.15) is 23.2 Å². The molecule has 23 heavy (non-hydrogen) atoms. The molecule has 1 atom stereocenters. The predicted molar refractivity (Wildman–Crippen MR) is 95.6 cm³/mol. The molecule has 1 fully saturated rings. The van der Waals surface area contributed by atoms with E-state index in [4.69, 9.17) is 23.2 Å². The van der Waals surface area contributed by atoms with Crippen LogP contribution in [-0.2, 0) is 0 Å². The van der Waals surface area contributed by atoms with E-state index >= 15 is 0 Å². The van der Waals surface area contributed by atoms with E-state index in [0.29, 0.717) is 28.2 Å². The van der Waals surface area contributed by atoms with Crippen molar-refractivity contribution >= 4 is 34.8 Å². The van der Waals surface area contributed by atoms with Gasteiger partial charge in [-0.25, -0.2) is 0 Å². The van der Waals surface area contributed by atoms with E-state index in [0.717, 1.165) is 19.4 Å². The smallest absolute Gasteiger partial charge is 0.251 e. The minimum atomic E-state index is -0.122. The average Bonchev–Trinajstić information content (AvgIpc) is 3.04. The van der Waals surface area contributed by atoms with Gasteiger partial charge in [0, 0.05) is 30.4 Å². The fourth-order valence-corrected chi connectivity index (χ4v) is 3.26. The van der Waals surface area contributed by atoms with Crippen LogP contribution in [-0.4, -0.2) is 25.0 Å². The van der Waals surface area contributed by atoms with Crippen LogP contribution in [0.4, 0.5) is 5.69 Å². The van der Waals surface area contributed by atoms with Crippen molar-refractivity contribution in [1.29, 1.82) is 0 Å². The summed E-state index contributed by atoms with van der Waals surface area (Å²) >= 11 is 11.9. The third kappa shape index (κ3) is 3.80. The molecule has 2 aromatic rings. The molecule has 3 nitrogen and oxygen atoms in total. The van der Waals surface area contributed by atoms with Crippen LogP contribution in [0.5, 0.6) is 0 Å². The van der Waals surface area contributed by atoms with Gasteiger partial charge in [0.2, 0.25) is 0 Å². The Morgan fingerprint density at radius 2 is 1.91 bits per heavy atom. The van der Waals surface area contributed by atoms with E-state index in [2.05, 4.69) is 22.3 Å². The molecular weight excluding hydrogens is 331 g/mol. The lowest BCUT2D eigenvalue weighted by atomic mass is 10.1. The topological polar surface area (TPSA) is 32.3 Å². The van der Waals surface area contributed by atoms with Crippen LogP contribution in [0.25, 0.3) is 0 Å². The van der Waals surface area contributed by atoms with Crippen molar-refractivity contribution in [2.24, 2.45) is 0 Å². The molecule has 1 aliphatic heterocycles. The summed E-state index contributed by atoms with van der Waals surface area (Å²) in [6, 6.07) is 15.6. The molecule has 0 spiro atoms. The molecule has 0 saturated carbocycles. The molecule has 1 heterocycles. The molecule has 1 saturated heterocycles. The Labute approximate surface area is 146 Å². The zero-order valence-corrected chi connectivity index (χ0v) is 14.1. The number of amides is 1. The van der Waals surface area contributed by atoms with Crippen LogP contribution in [0.15, 0.2) is 48.5 Å². The van der Waals surface area contributed by atoms with Gasteiger partial charge in [-0.15, -0.1) is 0 Å². The van der Waals surface area contributed by atoms with Gasteiger partial charge in [-0.1, -0.05) is 41.4 Å². The highest BCUT2D eigenvalue weighted by Crippen LogP contribution is 2.25.